The lowest BCUT2D eigenvalue weighted by Crippen LogP contribution is -2.52. The van der Waals surface area contributed by atoms with Crippen LogP contribution in [0.5, 0.6) is 0 Å². The van der Waals surface area contributed by atoms with Crippen molar-refractivity contribution in [2.45, 2.75) is 64.0 Å². The number of likely N-dealkylation sites (tertiary alicyclic amines) is 1. The van der Waals surface area contributed by atoms with Crippen molar-refractivity contribution in [1.82, 2.24) is 30.0 Å². The van der Waals surface area contributed by atoms with Crippen molar-refractivity contribution in [2.75, 3.05) is 63.9 Å². The van der Waals surface area contributed by atoms with E-state index in [0.717, 1.165) is 111 Å². The van der Waals surface area contributed by atoms with Gasteiger partial charge in [0, 0.05) is 74.2 Å². The van der Waals surface area contributed by atoms with Gasteiger partial charge in [0.15, 0.2) is 5.82 Å². The highest BCUT2D eigenvalue weighted by Gasteiger charge is 2.41. The van der Waals surface area contributed by atoms with Crippen molar-refractivity contribution >= 4 is 29.1 Å². The molecule has 0 bridgehead atoms. The zero-order valence-corrected chi connectivity index (χ0v) is 33.7. The van der Waals surface area contributed by atoms with Gasteiger partial charge in [0.25, 0.3) is 5.91 Å². The van der Waals surface area contributed by atoms with Crippen molar-refractivity contribution < 1.29 is 23.9 Å². The fourth-order valence-corrected chi connectivity index (χ4v) is 9.21. The maximum absolute atomic E-state index is 15.0. The first kappa shape index (κ1) is 40.3. The van der Waals surface area contributed by atoms with Crippen molar-refractivity contribution in [3.05, 3.63) is 118 Å². The number of imide groups is 1. The van der Waals surface area contributed by atoms with E-state index in [1.807, 2.05) is 37.3 Å². The number of carbonyl (C=O) groups is 3. The first-order chi connectivity index (χ1) is 28.6. The molecule has 1 aromatic heterocycles. The molecule has 1 unspecified atom stereocenters. The Morgan fingerprint density at radius 2 is 1.64 bits per heavy atom. The molecule has 4 aliphatic heterocycles. The van der Waals surface area contributed by atoms with Crippen LogP contribution in [0.25, 0.3) is 16.8 Å². The molecular formula is C46H53FN8O4. The topological polar surface area (TPSA) is 148 Å². The lowest BCUT2D eigenvalue weighted by molar-refractivity contribution is -0.136. The van der Waals surface area contributed by atoms with Gasteiger partial charge in [-0.25, -0.2) is 14.4 Å². The van der Waals surface area contributed by atoms with Crippen LogP contribution in [-0.4, -0.2) is 113 Å². The fourth-order valence-electron chi connectivity index (χ4n) is 9.21. The van der Waals surface area contributed by atoms with Gasteiger partial charge in [-0.1, -0.05) is 48.5 Å². The Balaban J connectivity index is 0.927. The highest BCUT2D eigenvalue weighted by molar-refractivity contribution is 6.05. The number of β-amino-alcohol motifs (C(OH)–C–C–N with tert-alkyl or cyclic N) is 1. The van der Waals surface area contributed by atoms with Crippen LogP contribution in [0.3, 0.4) is 0 Å². The number of aromatic nitrogens is 2. The van der Waals surface area contributed by atoms with Gasteiger partial charge in [0.1, 0.15) is 17.7 Å². The second-order valence-corrected chi connectivity index (χ2v) is 16.3. The van der Waals surface area contributed by atoms with Crippen LogP contribution in [0.15, 0.2) is 78.5 Å². The molecule has 13 heteroatoms. The molecule has 1 atom stereocenters. The minimum Gasteiger partial charge on any atom is -0.402 e. The second kappa shape index (κ2) is 17.8. The van der Waals surface area contributed by atoms with Gasteiger partial charge in [-0.05, 0) is 105 Å². The van der Waals surface area contributed by atoms with Gasteiger partial charge in [0.05, 0.1) is 12.3 Å². The van der Waals surface area contributed by atoms with E-state index >= 15 is 0 Å². The van der Waals surface area contributed by atoms with Gasteiger partial charge < -0.3 is 25.5 Å². The van der Waals surface area contributed by atoms with Gasteiger partial charge in [-0.3, -0.25) is 24.6 Å². The molecule has 5 heterocycles. The van der Waals surface area contributed by atoms with E-state index in [2.05, 4.69) is 50.3 Å². The van der Waals surface area contributed by atoms with E-state index in [1.165, 1.54) is 16.5 Å². The molecule has 4 aromatic rings. The molecule has 3 amide bonds. The van der Waals surface area contributed by atoms with E-state index < -0.39 is 17.8 Å². The maximum atomic E-state index is 15.0. The van der Waals surface area contributed by atoms with Crippen molar-refractivity contribution in [3.63, 3.8) is 0 Å². The number of nitrogens with one attached hydrogen (secondary N) is 1. The number of aliphatic hydroxyl groups excluding tert-OH is 1. The summed E-state index contributed by atoms with van der Waals surface area (Å²) in [7, 11) is 0. The van der Waals surface area contributed by atoms with Gasteiger partial charge in [-0.15, -0.1) is 0 Å². The number of fused-ring (bicyclic) bond motifs is 1. The first-order valence-electron chi connectivity index (χ1n) is 20.9. The monoisotopic (exact) mass is 800 g/mol. The molecule has 4 N–H and O–H groups in total. The Hall–Kier alpha value is -5.50. The van der Waals surface area contributed by atoms with Crippen molar-refractivity contribution in [3.8, 4) is 11.3 Å². The average Bonchev–Trinajstić information content (AvgIpc) is 3.56. The summed E-state index contributed by atoms with van der Waals surface area (Å²) in [5.41, 5.74) is 14.1. The van der Waals surface area contributed by atoms with Crippen LogP contribution in [0.1, 0.15) is 83.4 Å². The number of piperazine rings is 1. The summed E-state index contributed by atoms with van der Waals surface area (Å²) in [6.07, 6.45) is 4.05. The smallest absolute Gasteiger partial charge is 0.255 e. The van der Waals surface area contributed by atoms with Crippen LogP contribution in [0.4, 0.5) is 10.2 Å². The number of piperidine rings is 2. The van der Waals surface area contributed by atoms with E-state index in [-0.39, 0.29) is 43.7 Å². The van der Waals surface area contributed by atoms with Crippen molar-refractivity contribution in [2.24, 2.45) is 5.73 Å². The Labute approximate surface area is 344 Å². The largest absolute Gasteiger partial charge is 0.402 e. The highest BCUT2D eigenvalue weighted by Crippen LogP contribution is 2.38. The van der Waals surface area contributed by atoms with E-state index in [1.54, 1.807) is 6.07 Å². The number of hydrogen-bond acceptors (Lipinski definition) is 10. The number of amides is 3. The molecule has 8 rings (SSSR count). The molecule has 308 valence electrons. The van der Waals surface area contributed by atoms with E-state index in [9.17, 15) is 23.9 Å². The first-order valence-corrected chi connectivity index (χ1v) is 20.9. The number of nitrogens with two attached hydrogens (primary N) is 1. The second-order valence-electron chi connectivity index (χ2n) is 16.3. The quantitative estimate of drug-likeness (QED) is 0.172. The Kier molecular flexibility index (Phi) is 12.1. The lowest BCUT2D eigenvalue weighted by atomic mass is 9.85. The molecule has 12 nitrogen and oxygen atoms in total. The number of anilines is 1. The minimum absolute atomic E-state index is 0.120. The number of allylic oxidation sites excluding steroid dienone is 1. The third-order valence-corrected chi connectivity index (χ3v) is 12.4. The summed E-state index contributed by atoms with van der Waals surface area (Å²) in [6.45, 7) is 8.94. The third kappa shape index (κ3) is 8.92. The molecule has 3 saturated heterocycles. The lowest BCUT2D eigenvalue weighted by Gasteiger charge is -2.35. The van der Waals surface area contributed by atoms with Crippen molar-refractivity contribution in [1.29, 1.82) is 0 Å². The molecule has 0 radical (unpaired) electrons. The number of nitrogens with zero attached hydrogens (tertiary/aromatic N) is 6. The van der Waals surface area contributed by atoms with Gasteiger partial charge in [-0.2, -0.15) is 0 Å². The predicted octanol–water partition coefficient (Wildman–Crippen LogP) is 4.71. The molecule has 59 heavy (non-hydrogen) atoms. The summed E-state index contributed by atoms with van der Waals surface area (Å²) >= 11 is 0. The highest BCUT2D eigenvalue weighted by atomic mass is 19.1. The normalized spacial score (nSPS) is 19.8. The molecule has 0 aliphatic carbocycles. The van der Waals surface area contributed by atoms with Gasteiger partial charge in [0.2, 0.25) is 11.8 Å². The maximum Gasteiger partial charge on any atom is 0.255 e. The standard InChI is InChI=1S/C46H53FN8O4/c1-30(48)43(33-9-3-2-4-10-33)44-49-39(28-41(50-44)54-21-19-53(20-22-54)23-24-56)34-11-5-7-31(25-34)8-6-16-52-17-14-32(15-18-52)36-26-35(47)27-37-38(36)29-55(46(37)59)40-12-13-42(57)51-45(40)58/h2-5,7,9-11,25-28,32,40,56H,6,8,12-24,29,48H2,1H3,(H,51,57,58). The fraction of sp³-hybridized carbons (Fsp3) is 0.413. The van der Waals surface area contributed by atoms with Crippen LogP contribution >= 0.6 is 0 Å². The molecule has 0 saturated carbocycles. The molecule has 3 aromatic carbocycles. The summed E-state index contributed by atoms with van der Waals surface area (Å²) in [6, 6.07) is 22.9. The average molecular weight is 801 g/mol. The molecular weight excluding hydrogens is 748 g/mol. The van der Waals surface area contributed by atoms with Crippen LogP contribution in [0, 0.1) is 5.82 Å². The number of halogens is 1. The number of carbonyl (C=O) groups excluding carboxylic acids is 3. The molecule has 3 fully saturated rings. The number of aryl methyl sites for hydroxylation is 1. The molecule has 0 spiro atoms. The Morgan fingerprint density at radius 3 is 2.37 bits per heavy atom. The third-order valence-electron chi connectivity index (χ3n) is 12.4. The number of aliphatic hydroxyl groups is 1. The van der Waals surface area contributed by atoms with Gasteiger partial charge >= 0.3 is 0 Å². The van der Waals surface area contributed by atoms with Crippen LogP contribution in [-0.2, 0) is 22.6 Å². The number of benzene rings is 3. The Bertz CT molecular complexity index is 2230. The van der Waals surface area contributed by atoms with Crippen LogP contribution < -0.4 is 16.0 Å². The zero-order chi connectivity index (χ0) is 41.0. The summed E-state index contributed by atoms with van der Waals surface area (Å²) in [5.74, 6) is 0.00305. The zero-order valence-electron chi connectivity index (χ0n) is 33.7. The SMILES string of the molecule is CC(N)=C(c1ccccc1)c1nc(-c2cccc(CCCN3CCC(c4cc(F)cc5c4CN(C4CCC(=O)NC4=O)C5=O)CC3)c2)cc(N2CCN(CCO)CC2)n1. The Morgan fingerprint density at radius 1 is 0.881 bits per heavy atom. The van der Waals surface area contributed by atoms with E-state index in [4.69, 9.17) is 15.7 Å². The summed E-state index contributed by atoms with van der Waals surface area (Å²) in [4.78, 5) is 56.5. The number of hydrogen-bond donors (Lipinski definition) is 3. The summed E-state index contributed by atoms with van der Waals surface area (Å²) < 4.78 is 15.0. The number of rotatable bonds is 12. The minimum atomic E-state index is -0.725. The van der Waals surface area contributed by atoms with E-state index in [0.29, 0.717) is 23.6 Å². The van der Waals surface area contributed by atoms with Crippen LogP contribution in [0.2, 0.25) is 0 Å². The summed E-state index contributed by atoms with van der Waals surface area (Å²) in [5, 5.41) is 11.8. The predicted molar refractivity (Wildman–Crippen MR) is 225 cm³/mol. The molecule has 4 aliphatic rings.